The summed E-state index contributed by atoms with van der Waals surface area (Å²) in [4.78, 5) is 32.0. The number of anilines is 2. The molecular formula is C39H47N5O5S. The van der Waals surface area contributed by atoms with Gasteiger partial charge in [-0.1, -0.05) is 45.4 Å². The maximum absolute atomic E-state index is 13.6. The first-order valence-electron chi connectivity index (χ1n) is 17.2. The zero-order valence-electron chi connectivity index (χ0n) is 29.1. The monoisotopic (exact) mass is 697 g/mol. The third kappa shape index (κ3) is 10.2. The number of nitrogens with zero attached hydrogens (tertiary/aromatic N) is 3. The highest BCUT2D eigenvalue weighted by molar-refractivity contribution is 7.90. The number of nitrogens with one attached hydrogen (secondary N) is 1. The normalized spacial score (nSPS) is 13.4. The summed E-state index contributed by atoms with van der Waals surface area (Å²) in [7, 11) is 0. The Morgan fingerprint density at radius 2 is 1.78 bits per heavy atom. The Hall–Kier alpha value is -4.58. The fourth-order valence-corrected chi connectivity index (χ4v) is 6.91. The van der Waals surface area contributed by atoms with Crippen molar-refractivity contribution in [1.29, 1.82) is 0 Å². The molecule has 0 radical (unpaired) electrons. The number of primary amides is 1. The number of carbonyl (C=O) groups is 2. The number of nitrogens with two attached hydrogens (primary N) is 1. The average molecular weight is 698 g/mol. The van der Waals surface area contributed by atoms with Crippen LogP contribution in [0.25, 0.3) is 17.2 Å². The molecule has 0 aliphatic carbocycles. The summed E-state index contributed by atoms with van der Waals surface area (Å²) < 4.78 is 26.1. The molecular weight excluding hydrogens is 651 g/mol. The van der Waals surface area contributed by atoms with Crippen molar-refractivity contribution >= 4 is 40.4 Å². The predicted molar refractivity (Wildman–Crippen MR) is 199 cm³/mol. The third-order valence-corrected chi connectivity index (χ3v) is 9.69. The molecule has 5 rings (SSSR count). The van der Waals surface area contributed by atoms with Crippen LogP contribution in [-0.4, -0.2) is 58.8 Å². The van der Waals surface area contributed by atoms with E-state index in [0.717, 1.165) is 60.7 Å². The summed E-state index contributed by atoms with van der Waals surface area (Å²) in [5, 5.41) is 3.04. The number of carbonyl (C=O) groups excluding carboxylic acids is 2. The highest BCUT2D eigenvalue weighted by Crippen LogP contribution is 2.34. The molecule has 50 heavy (non-hydrogen) atoms. The number of ether oxygens (including phenoxy) is 2. The van der Waals surface area contributed by atoms with E-state index in [0.29, 0.717) is 47.4 Å². The summed E-state index contributed by atoms with van der Waals surface area (Å²) >= 11 is -1.38. The molecule has 1 aliphatic heterocycles. The van der Waals surface area contributed by atoms with E-state index in [2.05, 4.69) is 66.3 Å². The number of imidazole rings is 1. The van der Waals surface area contributed by atoms with Crippen molar-refractivity contribution < 1.29 is 23.6 Å². The summed E-state index contributed by atoms with van der Waals surface area (Å²) in [5.74, 6) is 0.780. The number of hydrogen-bond acceptors (Lipinski definition) is 7. The van der Waals surface area contributed by atoms with Crippen molar-refractivity contribution in [2.75, 3.05) is 43.1 Å². The van der Waals surface area contributed by atoms with Gasteiger partial charge in [-0.05, 0) is 101 Å². The number of amides is 2. The van der Waals surface area contributed by atoms with Crippen LogP contribution < -0.4 is 20.7 Å². The molecule has 2 heterocycles. The molecule has 1 unspecified atom stereocenters. The van der Waals surface area contributed by atoms with Crippen LogP contribution in [0, 0.1) is 5.92 Å². The lowest BCUT2D eigenvalue weighted by molar-refractivity contribution is -0.118. The summed E-state index contributed by atoms with van der Waals surface area (Å²) in [6, 6.07) is 21.5. The van der Waals surface area contributed by atoms with Crippen molar-refractivity contribution in [3.05, 3.63) is 96.1 Å². The minimum absolute atomic E-state index is 0.0211. The van der Waals surface area contributed by atoms with Crippen LogP contribution in [0.3, 0.4) is 0 Å². The third-order valence-electron chi connectivity index (χ3n) is 8.33. The molecule has 264 valence electrons. The van der Waals surface area contributed by atoms with Crippen molar-refractivity contribution in [1.82, 2.24) is 9.55 Å². The molecule has 11 heteroatoms. The van der Waals surface area contributed by atoms with Crippen LogP contribution in [0.15, 0.2) is 89.7 Å². The second kappa shape index (κ2) is 17.9. The molecule has 1 atom stereocenters. The Morgan fingerprint density at radius 3 is 2.50 bits per heavy atom. The lowest BCUT2D eigenvalue weighted by Gasteiger charge is -2.27. The van der Waals surface area contributed by atoms with Crippen LogP contribution in [0.1, 0.15) is 51.3 Å². The first-order valence-corrected chi connectivity index (χ1v) is 18.5. The molecule has 2 amide bonds. The number of rotatable bonds is 17. The van der Waals surface area contributed by atoms with Gasteiger partial charge in [0.05, 0.1) is 24.8 Å². The first kappa shape index (κ1) is 36.7. The Balaban J connectivity index is 1.27. The largest absolute Gasteiger partial charge is 0.611 e. The maximum atomic E-state index is 13.6. The van der Waals surface area contributed by atoms with Gasteiger partial charge in [0.2, 0.25) is 5.91 Å². The van der Waals surface area contributed by atoms with Crippen molar-refractivity contribution in [2.45, 2.75) is 57.2 Å². The number of hydrogen-bond donors (Lipinski definition) is 2. The van der Waals surface area contributed by atoms with Crippen LogP contribution in [0.5, 0.6) is 5.75 Å². The molecule has 4 aromatic rings. The van der Waals surface area contributed by atoms with E-state index in [-0.39, 0.29) is 18.2 Å². The van der Waals surface area contributed by atoms with E-state index in [1.165, 1.54) is 6.33 Å². The lowest BCUT2D eigenvalue weighted by atomic mass is 10.00. The van der Waals surface area contributed by atoms with E-state index < -0.39 is 17.1 Å². The average Bonchev–Trinajstić information content (AvgIpc) is 3.44. The molecule has 1 aliphatic rings. The van der Waals surface area contributed by atoms with E-state index in [4.69, 9.17) is 15.2 Å². The van der Waals surface area contributed by atoms with Gasteiger partial charge in [-0.3, -0.25) is 9.59 Å². The molecule has 0 spiro atoms. The number of fused-ring (bicyclic) bond motifs is 1. The van der Waals surface area contributed by atoms with Crippen LogP contribution in [-0.2, 0) is 37.8 Å². The molecule has 3 aromatic carbocycles. The quantitative estimate of drug-likeness (QED) is 0.0960. The van der Waals surface area contributed by atoms with Gasteiger partial charge in [0.25, 0.3) is 5.91 Å². The zero-order valence-corrected chi connectivity index (χ0v) is 29.9. The Labute approximate surface area is 297 Å². The standard InChI is InChI=1S/C39H47N5O5S/c1-4-5-18-48-19-20-49-35-11-6-29(7-12-35)30-8-15-37-32(21-30)22-31(16-17-43(37)24-28(2)3)39(46)42-33-9-13-36(14-10-33)50(47)26-34-23-41-27-44(34)25-38(40)45/h6-15,21-23,27-28H,4-5,16-20,24-26H2,1-3H3,(H2,40,45)(H,42,46). The SMILES string of the molecule is CCCCOCCOc1ccc(-c2ccc3c(c2)C=C(C(=O)Nc2ccc([S+]([O-])Cc4cncn4CC(N)=O)cc2)CCN3CC(C)C)cc1. The van der Waals surface area contributed by atoms with Crippen molar-refractivity contribution in [2.24, 2.45) is 11.7 Å². The summed E-state index contributed by atoms with van der Waals surface area (Å²) in [5.41, 5.74) is 11.5. The van der Waals surface area contributed by atoms with Crippen LogP contribution in [0.4, 0.5) is 11.4 Å². The van der Waals surface area contributed by atoms with Gasteiger partial charge < -0.3 is 34.5 Å². The van der Waals surface area contributed by atoms with E-state index >= 15 is 0 Å². The minimum Gasteiger partial charge on any atom is -0.611 e. The van der Waals surface area contributed by atoms with Crippen molar-refractivity contribution in [3.8, 4) is 16.9 Å². The predicted octanol–water partition coefficient (Wildman–Crippen LogP) is 6.43. The van der Waals surface area contributed by atoms with Gasteiger partial charge in [-0.2, -0.15) is 0 Å². The van der Waals surface area contributed by atoms with E-state index in [1.807, 2.05) is 18.2 Å². The first-order chi connectivity index (χ1) is 24.2. The molecule has 1 aromatic heterocycles. The number of benzene rings is 3. The van der Waals surface area contributed by atoms with Crippen LogP contribution in [0.2, 0.25) is 0 Å². The topological polar surface area (TPSA) is 135 Å². The summed E-state index contributed by atoms with van der Waals surface area (Å²) in [6.07, 6.45) is 7.85. The van der Waals surface area contributed by atoms with Crippen LogP contribution >= 0.6 is 0 Å². The van der Waals surface area contributed by atoms with Gasteiger partial charge in [0, 0.05) is 36.6 Å². The summed E-state index contributed by atoms with van der Waals surface area (Å²) in [6.45, 7) is 9.98. The molecule has 0 fully saturated rings. The fourth-order valence-electron chi connectivity index (χ4n) is 5.79. The van der Waals surface area contributed by atoms with Crippen molar-refractivity contribution in [3.63, 3.8) is 0 Å². The van der Waals surface area contributed by atoms with Gasteiger partial charge >= 0.3 is 0 Å². The van der Waals surface area contributed by atoms with Gasteiger partial charge in [-0.25, -0.2) is 4.98 Å². The molecule has 3 N–H and O–H groups in total. The van der Waals surface area contributed by atoms with Gasteiger partial charge in [0.1, 0.15) is 18.9 Å². The molecule has 0 saturated heterocycles. The highest BCUT2D eigenvalue weighted by atomic mass is 32.2. The van der Waals surface area contributed by atoms with Gasteiger partial charge in [-0.15, -0.1) is 0 Å². The minimum atomic E-state index is -1.38. The Kier molecular flexibility index (Phi) is 13.1. The molecule has 10 nitrogen and oxygen atoms in total. The second-order valence-corrected chi connectivity index (χ2v) is 14.3. The number of aromatic nitrogens is 2. The fraction of sp³-hybridized carbons (Fsp3) is 0.359. The smallest absolute Gasteiger partial charge is 0.251 e. The lowest BCUT2D eigenvalue weighted by Crippen LogP contribution is -2.29. The van der Waals surface area contributed by atoms with E-state index in [9.17, 15) is 14.1 Å². The Morgan fingerprint density at radius 1 is 1.02 bits per heavy atom. The Bertz CT molecular complexity index is 1750. The molecule has 0 bridgehead atoms. The van der Waals surface area contributed by atoms with E-state index in [1.54, 1.807) is 35.0 Å². The van der Waals surface area contributed by atoms with Gasteiger partial charge in [0.15, 0.2) is 10.6 Å². The highest BCUT2D eigenvalue weighted by Gasteiger charge is 2.22. The zero-order chi connectivity index (χ0) is 35.5. The maximum Gasteiger partial charge on any atom is 0.251 e. The number of unbranched alkanes of at least 4 members (excludes halogenated alkanes) is 1. The molecule has 0 saturated carbocycles. The second-order valence-electron chi connectivity index (χ2n) is 12.8.